The minimum atomic E-state index is -0.542. The van der Waals surface area contributed by atoms with Gasteiger partial charge in [-0.1, -0.05) is 19.0 Å². The van der Waals surface area contributed by atoms with Gasteiger partial charge in [-0.25, -0.2) is 0 Å². The average molecular weight is 324 g/mol. The van der Waals surface area contributed by atoms with Gasteiger partial charge < -0.3 is 19.1 Å². The lowest BCUT2D eigenvalue weighted by Gasteiger charge is -2.38. The number of carbonyl (C=O) groups excluding carboxylic acids is 2. The van der Waals surface area contributed by atoms with E-state index in [1.165, 1.54) is 9.80 Å². The molecule has 1 fully saturated rings. The highest BCUT2D eigenvalue weighted by Gasteiger charge is 2.36. The molecule has 2 amide bonds. The van der Waals surface area contributed by atoms with Crippen LogP contribution in [0.3, 0.4) is 0 Å². The molecule has 2 rings (SSSR count). The first-order valence-corrected chi connectivity index (χ1v) is 7.81. The van der Waals surface area contributed by atoms with Crippen LogP contribution in [0.25, 0.3) is 0 Å². The van der Waals surface area contributed by atoms with Crippen molar-refractivity contribution < 1.29 is 18.8 Å². The molecule has 128 valence electrons. The van der Waals surface area contributed by atoms with Crippen LogP contribution in [0.4, 0.5) is 0 Å². The number of carbonyl (C=O) groups is 2. The largest absolute Gasteiger partial charge is 0.383 e. The minimum Gasteiger partial charge on any atom is -0.383 e. The molecule has 8 nitrogen and oxygen atoms in total. The first-order chi connectivity index (χ1) is 10.9. The summed E-state index contributed by atoms with van der Waals surface area (Å²) in [5, 5.41) is 3.90. The van der Waals surface area contributed by atoms with Gasteiger partial charge >= 0.3 is 0 Å². The number of nitrogens with zero attached hydrogens (tertiary/aromatic N) is 4. The van der Waals surface area contributed by atoms with E-state index in [0.29, 0.717) is 37.2 Å². The third-order valence-corrected chi connectivity index (χ3v) is 3.75. The maximum atomic E-state index is 12.3. The van der Waals surface area contributed by atoms with Crippen molar-refractivity contribution in [3.63, 3.8) is 0 Å². The van der Waals surface area contributed by atoms with Gasteiger partial charge in [0.05, 0.1) is 19.7 Å². The Morgan fingerprint density at radius 3 is 2.78 bits per heavy atom. The summed E-state index contributed by atoms with van der Waals surface area (Å²) >= 11 is 0. The molecule has 2 heterocycles. The van der Waals surface area contributed by atoms with Crippen LogP contribution >= 0.6 is 0 Å². The summed E-state index contributed by atoms with van der Waals surface area (Å²) in [6, 6.07) is -0.542. The highest BCUT2D eigenvalue weighted by molar-refractivity contribution is 5.94. The predicted molar refractivity (Wildman–Crippen MR) is 81.3 cm³/mol. The molecule has 1 aromatic heterocycles. The number of rotatable bonds is 7. The van der Waals surface area contributed by atoms with Crippen molar-refractivity contribution in [2.45, 2.75) is 39.8 Å². The third kappa shape index (κ3) is 4.28. The summed E-state index contributed by atoms with van der Waals surface area (Å²) in [7, 11) is 1.57. The zero-order valence-corrected chi connectivity index (χ0v) is 14.1. The molecule has 1 aliphatic heterocycles. The fraction of sp³-hybridized carbons (Fsp3) is 0.733. The standard InChI is InChI=1S/C15H24N4O4/c1-10(2)7-13-16-12(17-23-13)8-19-11(3)15(21)18(5-6-22-4)9-14(19)20/h10-11H,5-9H2,1-4H3/t11-/m0/s1. The topological polar surface area (TPSA) is 88.8 Å². The summed E-state index contributed by atoms with van der Waals surface area (Å²) in [6.07, 6.45) is 0.695. The Labute approximate surface area is 135 Å². The van der Waals surface area contributed by atoms with E-state index in [-0.39, 0.29) is 24.9 Å². The zero-order chi connectivity index (χ0) is 17.0. The molecule has 1 aliphatic rings. The second-order valence-electron chi connectivity index (χ2n) is 6.15. The zero-order valence-electron chi connectivity index (χ0n) is 14.1. The Bertz CT molecular complexity index is 557. The number of ether oxygens (including phenoxy) is 1. The van der Waals surface area contributed by atoms with Crippen LogP contribution in [-0.2, 0) is 27.3 Å². The van der Waals surface area contributed by atoms with Gasteiger partial charge in [0.1, 0.15) is 6.04 Å². The van der Waals surface area contributed by atoms with Crippen molar-refractivity contribution in [3.05, 3.63) is 11.7 Å². The van der Waals surface area contributed by atoms with E-state index < -0.39 is 6.04 Å². The quantitative estimate of drug-likeness (QED) is 0.724. The molecular weight excluding hydrogens is 300 g/mol. The van der Waals surface area contributed by atoms with Gasteiger partial charge in [0.25, 0.3) is 0 Å². The van der Waals surface area contributed by atoms with Gasteiger partial charge in [-0.3, -0.25) is 9.59 Å². The lowest BCUT2D eigenvalue weighted by atomic mass is 10.1. The number of aromatic nitrogens is 2. The monoisotopic (exact) mass is 324 g/mol. The van der Waals surface area contributed by atoms with Gasteiger partial charge in [-0.05, 0) is 12.8 Å². The molecule has 0 radical (unpaired) electrons. The summed E-state index contributed by atoms with van der Waals surface area (Å²) < 4.78 is 10.1. The van der Waals surface area contributed by atoms with Gasteiger partial charge in [-0.2, -0.15) is 4.98 Å². The molecular formula is C15H24N4O4. The number of hydrogen-bond donors (Lipinski definition) is 0. The lowest BCUT2D eigenvalue weighted by Crippen LogP contribution is -2.58. The molecule has 1 atom stereocenters. The van der Waals surface area contributed by atoms with Crippen molar-refractivity contribution in [1.29, 1.82) is 0 Å². The number of amides is 2. The molecule has 0 unspecified atom stereocenters. The van der Waals surface area contributed by atoms with E-state index in [0.717, 1.165) is 0 Å². The van der Waals surface area contributed by atoms with Crippen molar-refractivity contribution in [2.24, 2.45) is 5.92 Å². The number of hydrogen-bond acceptors (Lipinski definition) is 6. The smallest absolute Gasteiger partial charge is 0.245 e. The molecule has 23 heavy (non-hydrogen) atoms. The maximum absolute atomic E-state index is 12.3. The fourth-order valence-electron chi connectivity index (χ4n) is 2.50. The molecule has 1 saturated heterocycles. The van der Waals surface area contributed by atoms with Crippen molar-refractivity contribution in [3.8, 4) is 0 Å². The Hall–Kier alpha value is -1.96. The second-order valence-corrected chi connectivity index (χ2v) is 6.15. The van der Waals surface area contributed by atoms with E-state index >= 15 is 0 Å². The third-order valence-electron chi connectivity index (χ3n) is 3.75. The second kappa shape index (κ2) is 7.54. The predicted octanol–water partition coefficient (Wildman–Crippen LogP) is 0.474. The van der Waals surface area contributed by atoms with E-state index in [4.69, 9.17) is 9.26 Å². The van der Waals surface area contributed by atoms with E-state index in [1.807, 2.05) is 0 Å². The van der Waals surface area contributed by atoms with E-state index in [9.17, 15) is 9.59 Å². The van der Waals surface area contributed by atoms with Gasteiger partial charge in [0.2, 0.25) is 17.7 Å². The molecule has 8 heteroatoms. The van der Waals surface area contributed by atoms with Crippen LogP contribution in [0.2, 0.25) is 0 Å². The molecule has 0 aromatic carbocycles. The van der Waals surface area contributed by atoms with Crippen LogP contribution in [-0.4, -0.2) is 64.6 Å². The molecule has 0 saturated carbocycles. The molecule has 0 aliphatic carbocycles. The van der Waals surface area contributed by atoms with E-state index in [2.05, 4.69) is 24.0 Å². The van der Waals surface area contributed by atoms with Gasteiger partial charge in [0.15, 0.2) is 5.82 Å². The molecule has 0 N–H and O–H groups in total. The molecule has 1 aromatic rings. The maximum Gasteiger partial charge on any atom is 0.245 e. The van der Waals surface area contributed by atoms with Crippen LogP contribution < -0.4 is 0 Å². The molecule has 0 bridgehead atoms. The number of piperazine rings is 1. The van der Waals surface area contributed by atoms with Crippen LogP contribution in [0.15, 0.2) is 4.52 Å². The van der Waals surface area contributed by atoms with Gasteiger partial charge in [0, 0.05) is 20.1 Å². The first-order valence-electron chi connectivity index (χ1n) is 7.81. The average Bonchev–Trinajstić information content (AvgIpc) is 2.92. The van der Waals surface area contributed by atoms with Gasteiger partial charge in [-0.15, -0.1) is 0 Å². The van der Waals surface area contributed by atoms with Crippen LogP contribution in [0.1, 0.15) is 32.5 Å². The Kier molecular flexibility index (Phi) is 5.70. The molecule has 0 spiro atoms. The van der Waals surface area contributed by atoms with Crippen molar-refractivity contribution in [1.82, 2.24) is 19.9 Å². The fourth-order valence-corrected chi connectivity index (χ4v) is 2.50. The summed E-state index contributed by atoms with van der Waals surface area (Å²) in [4.78, 5) is 32.0. The Morgan fingerprint density at radius 2 is 2.13 bits per heavy atom. The van der Waals surface area contributed by atoms with Crippen molar-refractivity contribution in [2.75, 3.05) is 26.8 Å². The number of methoxy groups -OCH3 is 1. The van der Waals surface area contributed by atoms with Crippen molar-refractivity contribution >= 4 is 11.8 Å². The lowest BCUT2D eigenvalue weighted by molar-refractivity contribution is -0.156. The summed E-state index contributed by atoms with van der Waals surface area (Å²) in [6.45, 7) is 6.92. The minimum absolute atomic E-state index is 0.0588. The summed E-state index contributed by atoms with van der Waals surface area (Å²) in [5.41, 5.74) is 0. The highest BCUT2D eigenvalue weighted by atomic mass is 16.5. The first kappa shape index (κ1) is 17.4. The highest BCUT2D eigenvalue weighted by Crippen LogP contribution is 2.15. The Morgan fingerprint density at radius 1 is 1.39 bits per heavy atom. The summed E-state index contributed by atoms with van der Waals surface area (Å²) in [5.74, 6) is 1.19. The van der Waals surface area contributed by atoms with E-state index in [1.54, 1.807) is 14.0 Å². The Balaban J connectivity index is 2.01. The SMILES string of the molecule is COCCN1CC(=O)N(Cc2noc(CC(C)C)n2)[C@@H](C)C1=O. The normalized spacial score (nSPS) is 19.1. The van der Waals surface area contributed by atoms with Crippen LogP contribution in [0, 0.1) is 5.92 Å². The van der Waals surface area contributed by atoms with Crippen LogP contribution in [0.5, 0.6) is 0 Å².